The first-order valence-corrected chi connectivity index (χ1v) is 12.4. The van der Waals surface area contributed by atoms with Crippen LogP contribution in [-0.4, -0.2) is 55.1 Å². The van der Waals surface area contributed by atoms with E-state index in [1.54, 1.807) is 0 Å². The fourth-order valence-electron chi connectivity index (χ4n) is 4.34. The van der Waals surface area contributed by atoms with Crippen LogP contribution in [0.15, 0.2) is 59.3 Å². The molecule has 0 radical (unpaired) electrons. The van der Waals surface area contributed by atoms with Crippen molar-refractivity contribution in [1.82, 2.24) is 15.2 Å². The fourth-order valence-corrected chi connectivity index (χ4v) is 4.63. The van der Waals surface area contributed by atoms with Gasteiger partial charge in [-0.25, -0.2) is 4.98 Å². The largest absolute Gasteiger partial charge is 0.438 e. The molecule has 1 aromatic heterocycles. The third-order valence-electron chi connectivity index (χ3n) is 6.23. The summed E-state index contributed by atoms with van der Waals surface area (Å²) in [7, 11) is 0. The molecule has 0 spiro atoms. The number of hydrogen-bond acceptors (Lipinski definition) is 5. The minimum Gasteiger partial charge on any atom is -0.438 e. The number of piperazine rings is 1. The molecule has 4 rings (SSSR count). The van der Waals surface area contributed by atoms with Crippen LogP contribution in [0.2, 0.25) is 10.0 Å². The molecular weight excluding hydrogens is 471 g/mol. The van der Waals surface area contributed by atoms with Crippen molar-refractivity contribution in [1.29, 1.82) is 0 Å². The number of hydrogen-bond donors (Lipinski definition) is 1. The smallest absolute Gasteiger partial charge is 0.289 e. The van der Waals surface area contributed by atoms with Gasteiger partial charge in [-0.05, 0) is 43.1 Å². The minimum absolute atomic E-state index is 0.0914. The third kappa shape index (κ3) is 6.32. The maximum Gasteiger partial charge on any atom is 0.289 e. The van der Waals surface area contributed by atoms with E-state index in [-0.39, 0.29) is 11.8 Å². The Bertz CT molecular complexity index is 1080. The van der Waals surface area contributed by atoms with E-state index in [0.29, 0.717) is 28.0 Å². The lowest BCUT2D eigenvalue weighted by Crippen LogP contribution is -2.47. The van der Waals surface area contributed by atoms with Gasteiger partial charge in [0, 0.05) is 44.3 Å². The number of aromatic nitrogens is 1. The number of amides is 1. The first-order valence-electron chi connectivity index (χ1n) is 11.7. The van der Waals surface area contributed by atoms with Crippen molar-refractivity contribution in [3.05, 3.63) is 82.0 Å². The molecule has 0 bridgehead atoms. The van der Waals surface area contributed by atoms with Gasteiger partial charge in [-0.15, -0.1) is 0 Å². The highest BCUT2D eigenvalue weighted by Crippen LogP contribution is 2.28. The number of anilines is 1. The van der Waals surface area contributed by atoms with Crippen molar-refractivity contribution >= 4 is 34.8 Å². The summed E-state index contributed by atoms with van der Waals surface area (Å²) in [6, 6.07) is 16.0. The molecule has 1 unspecified atom stereocenters. The lowest BCUT2D eigenvalue weighted by Gasteiger charge is -2.36. The SMILES string of the molecule is CC(Cc1ccccc1)c1ncoc1C(=O)NCCCN1CCN(c2ccc(Cl)c(Cl)c2)CC1. The lowest BCUT2D eigenvalue weighted by atomic mass is 9.97. The van der Waals surface area contributed by atoms with Crippen LogP contribution in [-0.2, 0) is 6.42 Å². The first-order chi connectivity index (χ1) is 16.5. The van der Waals surface area contributed by atoms with Crippen molar-refractivity contribution in [2.45, 2.75) is 25.7 Å². The van der Waals surface area contributed by atoms with Gasteiger partial charge in [-0.2, -0.15) is 0 Å². The van der Waals surface area contributed by atoms with Crippen LogP contribution in [0.1, 0.15) is 41.1 Å². The van der Waals surface area contributed by atoms with Gasteiger partial charge in [0.1, 0.15) is 0 Å². The summed E-state index contributed by atoms with van der Waals surface area (Å²) in [5.41, 5.74) is 3.02. The molecule has 3 aromatic rings. The van der Waals surface area contributed by atoms with E-state index in [1.807, 2.05) is 36.4 Å². The molecule has 1 atom stereocenters. The number of rotatable bonds is 9. The van der Waals surface area contributed by atoms with Gasteiger partial charge >= 0.3 is 0 Å². The van der Waals surface area contributed by atoms with Gasteiger partial charge in [-0.1, -0.05) is 60.5 Å². The maximum absolute atomic E-state index is 12.7. The van der Waals surface area contributed by atoms with Crippen molar-refractivity contribution in [3.63, 3.8) is 0 Å². The Hall–Kier alpha value is -2.54. The number of oxazole rings is 1. The molecule has 1 fully saturated rings. The molecule has 34 heavy (non-hydrogen) atoms. The molecule has 8 heteroatoms. The van der Waals surface area contributed by atoms with E-state index in [4.69, 9.17) is 27.6 Å². The number of carbonyl (C=O) groups is 1. The molecule has 6 nitrogen and oxygen atoms in total. The molecule has 1 saturated heterocycles. The van der Waals surface area contributed by atoms with E-state index in [2.05, 4.69) is 39.2 Å². The molecule has 1 aliphatic rings. The van der Waals surface area contributed by atoms with Crippen molar-refractivity contribution in [2.75, 3.05) is 44.2 Å². The standard InChI is InChI=1S/C26H30Cl2N4O2/c1-19(16-20-6-3-2-4-7-20)24-25(34-18-30-24)26(33)29-10-5-11-31-12-14-32(15-13-31)21-8-9-22(27)23(28)17-21/h2-4,6-9,17-19H,5,10-16H2,1H3,(H,29,33). The predicted molar refractivity (Wildman–Crippen MR) is 137 cm³/mol. The van der Waals surface area contributed by atoms with Crippen LogP contribution >= 0.6 is 23.2 Å². The van der Waals surface area contributed by atoms with Gasteiger partial charge in [-0.3, -0.25) is 9.69 Å². The Balaban J connectivity index is 1.19. The van der Waals surface area contributed by atoms with Crippen LogP contribution in [0.5, 0.6) is 0 Å². The topological polar surface area (TPSA) is 61.6 Å². The summed E-state index contributed by atoms with van der Waals surface area (Å²) in [6.07, 6.45) is 3.04. The number of benzene rings is 2. The summed E-state index contributed by atoms with van der Waals surface area (Å²) in [4.78, 5) is 21.8. The first kappa shape index (κ1) is 24.6. The Morgan fingerprint density at radius 1 is 1.09 bits per heavy atom. The number of nitrogens with one attached hydrogen (secondary N) is 1. The zero-order valence-electron chi connectivity index (χ0n) is 19.3. The van der Waals surface area contributed by atoms with E-state index >= 15 is 0 Å². The molecular formula is C26H30Cl2N4O2. The molecule has 2 aromatic carbocycles. The van der Waals surface area contributed by atoms with E-state index < -0.39 is 0 Å². The summed E-state index contributed by atoms with van der Waals surface area (Å²) >= 11 is 12.2. The highest BCUT2D eigenvalue weighted by Gasteiger charge is 2.22. The lowest BCUT2D eigenvalue weighted by molar-refractivity contribution is 0.0922. The van der Waals surface area contributed by atoms with Gasteiger partial charge in [0.05, 0.1) is 15.7 Å². The number of halogens is 2. The van der Waals surface area contributed by atoms with Crippen LogP contribution in [0.3, 0.4) is 0 Å². The molecule has 1 amide bonds. The summed E-state index contributed by atoms with van der Waals surface area (Å²) in [6.45, 7) is 7.41. The predicted octanol–water partition coefficient (Wildman–Crippen LogP) is 5.27. The fraction of sp³-hybridized carbons (Fsp3) is 0.385. The number of carbonyl (C=O) groups excluding carboxylic acids is 1. The van der Waals surface area contributed by atoms with Crippen molar-refractivity contribution < 1.29 is 9.21 Å². The average Bonchev–Trinajstić information content (AvgIpc) is 3.35. The molecule has 0 aliphatic carbocycles. The van der Waals surface area contributed by atoms with Crippen molar-refractivity contribution in [2.24, 2.45) is 0 Å². The third-order valence-corrected chi connectivity index (χ3v) is 6.97. The van der Waals surface area contributed by atoms with E-state index in [0.717, 1.165) is 51.3 Å². The van der Waals surface area contributed by atoms with E-state index in [9.17, 15) is 4.79 Å². The summed E-state index contributed by atoms with van der Waals surface area (Å²) in [5, 5.41) is 4.16. The second-order valence-corrected chi connectivity index (χ2v) is 9.51. The van der Waals surface area contributed by atoms with Crippen LogP contribution in [0.25, 0.3) is 0 Å². The summed E-state index contributed by atoms with van der Waals surface area (Å²) < 4.78 is 5.45. The monoisotopic (exact) mass is 500 g/mol. The Labute approximate surface area is 210 Å². The van der Waals surface area contributed by atoms with E-state index in [1.165, 1.54) is 12.0 Å². The zero-order valence-corrected chi connectivity index (χ0v) is 20.9. The quantitative estimate of drug-likeness (QED) is 0.405. The van der Waals surface area contributed by atoms with Gasteiger partial charge in [0.2, 0.25) is 5.76 Å². The Morgan fingerprint density at radius 2 is 1.85 bits per heavy atom. The normalized spacial score (nSPS) is 15.3. The second-order valence-electron chi connectivity index (χ2n) is 8.69. The van der Waals surface area contributed by atoms with Crippen molar-refractivity contribution in [3.8, 4) is 0 Å². The Kier molecular flexibility index (Phi) is 8.48. The zero-order chi connectivity index (χ0) is 23.9. The molecule has 2 heterocycles. The minimum atomic E-state index is -0.197. The van der Waals surface area contributed by atoms with Crippen LogP contribution in [0, 0.1) is 0 Å². The van der Waals surface area contributed by atoms with Crippen LogP contribution < -0.4 is 10.2 Å². The number of nitrogens with zero attached hydrogens (tertiary/aromatic N) is 3. The average molecular weight is 501 g/mol. The second kappa shape index (κ2) is 11.7. The summed E-state index contributed by atoms with van der Waals surface area (Å²) in [5.74, 6) is 0.212. The van der Waals surface area contributed by atoms with Crippen LogP contribution in [0.4, 0.5) is 5.69 Å². The molecule has 1 aliphatic heterocycles. The highest BCUT2D eigenvalue weighted by molar-refractivity contribution is 6.42. The molecule has 180 valence electrons. The van der Waals surface area contributed by atoms with Gasteiger partial charge in [0.25, 0.3) is 5.91 Å². The molecule has 0 saturated carbocycles. The maximum atomic E-state index is 12.7. The van der Waals surface area contributed by atoms with Gasteiger partial charge < -0.3 is 14.6 Å². The molecule has 1 N–H and O–H groups in total. The Morgan fingerprint density at radius 3 is 2.59 bits per heavy atom. The highest BCUT2D eigenvalue weighted by atomic mass is 35.5. The van der Waals surface area contributed by atoms with Gasteiger partial charge in [0.15, 0.2) is 6.39 Å².